The number of benzene rings is 1. The molecule has 0 aromatic heterocycles. The second kappa shape index (κ2) is 11.3. The maximum Gasteiger partial charge on any atom is 0.336 e. The molecule has 8 heteroatoms. The van der Waals surface area contributed by atoms with Crippen LogP contribution in [0.2, 0.25) is 0 Å². The molecule has 2 aliphatic heterocycles. The van der Waals surface area contributed by atoms with Crippen LogP contribution in [-0.4, -0.2) is 67.6 Å². The van der Waals surface area contributed by atoms with Crippen molar-refractivity contribution >= 4 is 11.9 Å². The van der Waals surface area contributed by atoms with Crippen LogP contribution in [0.15, 0.2) is 12.1 Å². The minimum Gasteiger partial charge on any atom is -0.478 e. The number of rotatable bonds is 7. The summed E-state index contributed by atoms with van der Waals surface area (Å²) in [5.41, 5.74) is 0.0911. The fourth-order valence-electron chi connectivity index (χ4n) is 8.89. The van der Waals surface area contributed by atoms with Gasteiger partial charge in [0.1, 0.15) is 0 Å². The highest BCUT2D eigenvalue weighted by molar-refractivity contribution is 6.03. The maximum atomic E-state index is 12.9. The molecule has 3 aliphatic rings. The lowest BCUT2D eigenvalue weighted by Crippen LogP contribution is -2.61. The number of hydrogen-bond acceptors (Lipinski definition) is 6. The van der Waals surface area contributed by atoms with Gasteiger partial charge in [0.2, 0.25) is 0 Å². The summed E-state index contributed by atoms with van der Waals surface area (Å²) in [6.07, 6.45) is 8.82. The van der Waals surface area contributed by atoms with Crippen molar-refractivity contribution in [3.63, 3.8) is 0 Å². The Balaban J connectivity index is 1.82. The molecule has 2 saturated heterocycles. The van der Waals surface area contributed by atoms with Crippen molar-refractivity contribution in [3.05, 3.63) is 34.4 Å². The van der Waals surface area contributed by atoms with Crippen molar-refractivity contribution in [2.45, 2.75) is 153 Å². The normalized spacial score (nSPS) is 25.7. The third kappa shape index (κ3) is 6.22. The predicted molar refractivity (Wildman–Crippen MR) is 159 cm³/mol. The Morgan fingerprint density at radius 2 is 1.22 bits per heavy atom. The first-order chi connectivity index (χ1) is 18.9. The Labute approximate surface area is 246 Å². The standard InChI is InChI=1S/C33H52N2O6/c1-30(2)17-21(18-31(3,4)34(30)40-9)24-15-16-25(28(36)37)27(29(38)39)26(24)22-19-32(5,6)35(33(7,8)20-22)41-23-13-11-10-12-14-23/h15-16,21-23H,10-14,17-20H2,1-9H3,(H,36,37)(H,38,39). The van der Waals surface area contributed by atoms with Gasteiger partial charge in [0.15, 0.2) is 0 Å². The van der Waals surface area contributed by atoms with Gasteiger partial charge < -0.3 is 15.1 Å². The van der Waals surface area contributed by atoms with Crippen LogP contribution in [0.3, 0.4) is 0 Å². The van der Waals surface area contributed by atoms with Gasteiger partial charge in [-0.3, -0.25) is 4.84 Å². The molecule has 0 unspecified atom stereocenters. The molecule has 2 heterocycles. The molecular formula is C33H52N2O6. The molecule has 1 aromatic carbocycles. The summed E-state index contributed by atoms with van der Waals surface area (Å²) in [5.74, 6) is -2.48. The Morgan fingerprint density at radius 1 is 0.732 bits per heavy atom. The molecule has 1 aliphatic carbocycles. The lowest BCUT2D eigenvalue weighted by atomic mass is 9.66. The van der Waals surface area contributed by atoms with Crippen LogP contribution >= 0.6 is 0 Å². The molecule has 1 aromatic rings. The number of carbonyl (C=O) groups is 2. The summed E-state index contributed by atoms with van der Waals surface area (Å²) in [5, 5.41) is 24.8. The average molecular weight is 573 g/mol. The Morgan fingerprint density at radius 3 is 1.68 bits per heavy atom. The zero-order valence-corrected chi connectivity index (χ0v) is 26.7. The smallest absolute Gasteiger partial charge is 0.336 e. The van der Waals surface area contributed by atoms with Gasteiger partial charge in [-0.15, -0.1) is 0 Å². The molecule has 41 heavy (non-hydrogen) atoms. The fraction of sp³-hybridized carbons (Fsp3) is 0.758. The lowest BCUT2D eigenvalue weighted by molar-refractivity contribution is -0.310. The molecule has 230 valence electrons. The largest absolute Gasteiger partial charge is 0.478 e. The number of aromatic carboxylic acids is 2. The molecule has 0 amide bonds. The molecule has 0 spiro atoms. The van der Waals surface area contributed by atoms with Crippen LogP contribution in [0.5, 0.6) is 0 Å². The zero-order valence-electron chi connectivity index (χ0n) is 26.7. The van der Waals surface area contributed by atoms with Crippen molar-refractivity contribution in [1.29, 1.82) is 0 Å². The van der Waals surface area contributed by atoms with E-state index in [0.29, 0.717) is 18.4 Å². The van der Waals surface area contributed by atoms with Gasteiger partial charge in [-0.1, -0.05) is 25.3 Å². The minimum atomic E-state index is -1.21. The number of nitrogens with zero attached hydrogens (tertiary/aromatic N) is 2. The molecule has 3 fully saturated rings. The summed E-state index contributed by atoms with van der Waals surface area (Å²) in [6, 6.07) is 3.40. The number of carboxylic acid groups (broad SMARTS) is 2. The second-order valence-electron chi connectivity index (χ2n) is 15.2. The van der Waals surface area contributed by atoms with Gasteiger partial charge in [-0.05, 0) is 123 Å². The number of hydroxylamine groups is 4. The van der Waals surface area contributed by atoms with Crippen LogP contribution in [0, 0.1) is 0 Å². The second-order valence-corrected chi connectivity index (χ2v) is 15.2. The van der Waals surface area contributed by atoms with Crippen LogP contribution < -0.4 is 0 Å². The van der Waals surface area contributed by atoms with Gasteiger partial charge in [-0.2, -0.15) is 10.1 Å². The molecule has 1 saturated carbocycles. The van der Waals surface area contributed by atoms with E-state index in [-0.39, 0.29) is 51.2 Å². The summed E-state index contributed by atoms with van der Waals surface area (Å²) in [4.78, 5) is 37.8. The van der Waals surface area contributed by atoms with E-state index in [1.807, 2.05) is 11.1 Å². The van der Waals surface area contributed by atoms with Crippen LogP contribution in [0.1, 0.15) is 157 Å². The van der Waals surface area contributed by atoms with Gasteiger partial charge in [-0.25, -0.2) is 9.59 Å². The van der Waals surface area contributed by atoms with Gasteiger partial charge in [0, 0.05) is 22.2 Å². The lowest BCUT2D eigenvalue weighted by Gasteiger charge is -2.56. The highest BCUT2D eigenvalue weighted by atomic mass is 16.7. The summed E-state index contributed by atoms with van der Waals surface area (Å²) in [6.45, 7) is 17.3. The Bertz CT molecular complexity index is 1110. The topological polar surface area (TPSA) is 99.5 Å². The highest BCUT2D eigenvalue weighted by Crippen LogP contribution is 2.52. The van der Waals surface area contributed by atoms with E-state index in [0.717, 1.165) is 31.2 Å². The zero-order chi connectivity index (χ0) is 30.5. The van der Waals surface area contributed by atoms with E-state index in [4.69, 9.17) is 9.68 Å². The molecule has 0 radical (unpaired) electrons. The first-order valence-corrected chi connectivity index (χ1v) is 15.4. The molecule has 0 bridgehead atoms. The van der Waals surface area contributed by atoms with Gasteiger partial charge in [0.05, 0.1) is 24.3 Å². The third-order valence-electron chi connectivity index (χ3n) is 9.74. The molecule has 8 nitrogen and oxygen atoms in total. The average Bonchev–Trinajstić information content (AvgIpc) is 2.84. The van der Waals surface area contributed by atoms with Gasteiger partial charge >= 0.3 is 11.9 Å². The van der Waals surface area contributed by atoms with E-state index >= 15 is 0 Å². The SMILES string of the molecule is CON1C(C)(C)CC(c2ccc(C(=O)O)c(C(=O)O)c2C2CC(C)(C)N(OC3CCCCC3)C(C)(C)C2)CC1(C)C. The molecule has 2 N–H and O–H groups in total. The van der Waals surface area contributed by atoms with Crippen molar-refractivity contribution in [2.24, 2.45) is 0 Å². The van der Waals surface area contributed by atoms with Crippen LogP contribution in [0.25, 0.3) is 0 Å². The summed E-state index contributed by atoms with van der Waals surface area (Å²) in [7, 11) is 1.70. The summed E-state index contributed by atoms with van der Waals surface area (Å²) < 4.78 is 0. The van der Waals surface area contributed by atoms with Crippen molar-refractivity contribution in [1.82, 2.24) is 10.1 Å². The van der Waals surface area contributed by atoms with Crippen molar-refractivity contribution in [3.8, 4) is 0 Å². The van der Waals surface area contributed by atoms with Gasteiger partial charge in [0.25, 0.3) is 0 Å². The predicted octanol–water partition coefficient (Wildman–Crippen LogP) is 7.38. The van der Waals surface area contributed by atoms with E-state index in [1.165, 1.54) is 25.3 Å². The first-order valence-electron chi connectivity index (χ1n) is 15.4. The fourth-order valence-corrected chi connectivity index (χ4v) is 8.89. The van der Waals surface area contributed by atoms with Crippen LogP contribution in [0.4, 0.5) is 0 Å². The minimum absolute atomic E-state index is 0.0464. The Kier molecular flexibility index (Phi) is 8.76. The van der Waals surface area contributed by atoms with E-state index < -0.39 is 11.9 Å². The monoisotopic (exact) mass is 572 g/mol. The number of piperidine rings is 2. The Hall–Kier alpha value is -2.00. The van der Waals surface area contributed by atoms with Crippen molar-refractivity contribution < 1.29 is 29.5 Å². The van der Waals surface area contributed by atoms with Crippen molar-refractivity contribution in [2.75, 3.05) is 7.11 Å². The first kappa shape index (κ1) is 31.9. The quantitative estimate of drug-likeness (QED) is 0.349. The third-order valence-corrected chi connectivity index (χ3v) is 9.74. The van der Waals surface area contributed by atoms with E-state index in [9.17, 15) is 19.8 Å². The highest BCUT2D eigenvalue weighted by Gasteiger charge is 2.51. The van der Waals surface area contributed by atoms with Crippen LogP contribution in [-0.2, 0) is 9.68 Å². The van der Waals surface area contributed by atoms with E-state index in [2.05, 4.69) is 60.5 Å². The molecular weight excluding hydrogens is 520 g/mol. The van der Waals surface area contributed by atoms with E-state index in [1.54, 1.807) is 7.11 Å². The maximum absolute atomic E-state index is 12.9. The molecule has 4 rings (SSSR count). The molecule has 0 atom stereocenters. The number of hydrogen-bond donors (Lipinski definition) is 2. The summed E-state index contributed by atoms with van der Waals surface area (Å²) >= 11 is 0. The number of carboxylic acids is 2.